The van der Waals surface area contributed by atoms with Gasteiger partial charge in [-0.05, 0) is 30.3 Å². The molecule has 0 aromatic heterocycles. The van der Waals surface area contributed by atoms with Crippen LogP contribution in [0.2, 0.25) is 0 Å². The van der Waals surface area contributed by atoms with Gasteiger partial charge in [0.25, 0.3) is 0 Å². The van der Waals surface area contributed by atoms with Crippen molar-refractivity contribution >= 4 is 11.8 Å². The van der Waals surface area contributed by atoms with E-state index in [1.807, 2.05) is 36.4 Å². The summed E-state index contributed by atoms with van der Waals surface area (Å²) in [5, 5.41) is 0. The Labute approximate surface area is 124 Å². The van der Waals surface area contributed by atoms with Gasteiger partial charge in [-0.2, -0.15) is 0 Å². The van der Waals surface area contributed by atoms with E-state index in [-0.39, 0.29) is 6.04 Å². The molecule has 0 spiro atoms. The molecule has 2 aromatic carbocycles. The molecule has 0 radical (unpaired) electrons. The van der Waals surface area contributed by atoms with Gasteiger partial charge in [-0.25, -0.2) is 0 Å². The normalized spacial score (nSPS) is 11.9. The molecular formula is C16H19NO2S. The maximum Gasteiger partial charge on any atom is 0.123 e. The van der Waals surface area contributed by atoms with Crippen molar-refractivity contribution in [1.82, 2.24) is 0 Å². The molecule has 1 atom stereocenters. The van der Waals surface area contributed by atoms with Crippen LogP contribution in [0.5, 0.6) is 11.5 Å². The summed E-state index contributed by atoms with van der Waals surface area (Å²) in [4.78, 5) is 1.21. The van der Waals surface area contributed by atoms with Crippen molar-refractivity contribution in [3.05, 3.63) is 54.1 Å². The van der Waals surface area contributed by atoms with Gasteiger partial charge in [-0.15, -0.1) is 11.8 Å². The third-order valence-electron chi connectivity index (χ3n) is 3.01. The molecule has 4 heteroatoms. The number of hydrogen-bond donors (Lipinski definition) is 1. The lowest BCUT2D eigenvalue weighted by Gasteiger charge is -2.16. The Morgan fingerprint density at radius 1 is 1.05 bits per heavy atom. The average molecular weight is 289 g/mol. The van der Waals surface area contributed by atoms with E-state index in [9.17, 15) is 0 Å². The third kappa shape index (κ3) is 3.68. The highest BCUT2D eigenvalue weighted by atomic mass is 32.2. The molecule has 106 valence electrons. The Morgan fingerprint density at radius 3 is 2.45 bits per heavy atom. The van der Waals surface area contributed by atoms with Crippen LogP contribution in [-0.2, 0) is 0 Å². The minimum Gasteiger partial charge on any atom is -0.497 e. The molecule has 3 nitrogen and oxygen atoms in total. The van der Waals surface area contributed by atoms with Crippen LogP contribution in [0.3, 0.4) is 0 Å². The molecule has 20 heavy (non-hydrogen) atoms. The van der Waals surface area contributed by atoms with Crippen molar-refractivity contribution in [3.8, 4) is 11.5 Å². The Hall–Kier alpha value is -1.65. The van der Waals surface area contributed by atoms with E-state index in [0.717, 1.165) is 22.8 Å². The Morgan fingerprint density at radius 2 is 1.80 bits per heavy atom. The van der Waals surface area contributed by atoms with Crippen LogP contribution < -0.4 is 15.2 Å². The zero-order valence-electron chi connectivity index (χ0n) is 11.7. The van der Waals surface area contributed by atoms with Gasteiger partial charge in [0, 0.05) is 22.3 Å². The highest BCUT2D eigenvalue weighted by Gasteiger charge is 2.13. The molecule has 2 rings (SSSR count). The first-order chi connectivity index (χ1) is 9.74. The molecule has 0 fully saturated rings. The molecule has 0 heterocycles. The molecule has 0 aliphatic rings. The molecule has 0 saturated carbocycles. The van der Waals surface area contributed by atoms with Crippen LogP contribution in [0.15, 0.2) is 53.4 Å². The number of rotatable bonds is 6. The van der Waals surface area contributed by atoms with E-state index >= 15 is 0 Å². The lowest BCUT2D eigenvalue weighted by molar-refractivity contribution is 0.396. The van der Waals surface area contributed by atoms with Crippen LogP contribution in [0.25, 0.3) is 0 Å². The Kier molecular flexibility index (Phi) is 5.32. The summed E-state index contributed by atoms with van der Waals surface area (Å²) < 4.78 is 10.6. The quantitative estimate of drug-likeness (QED) is 0.827. The molecule has 0 aliphatic heterocycles. The van der Waals surface area contributed by atoms with Gasteiger partial charge in [0.1, 0.15) is 11.5 Å². The Balaban J connectivity index is 2.09. The first-order valence-corrected chi connectivity index (χ1v) is 7.38. The van der Waals surface area contributed by atoms with Gasteiger partial charge >= 0.3 is 0 Å². The second-order valence-electron chi connectivity index (χ2n) is 4.34. The van der Waals surface area contributed by atoms with Gasteiger partial charge < -0.3 is 15.2 Å². The molecule has 2 aromatic rings. The fraction of sp³-hybridized carbons (Fsp3) is 0.250. The van der Waals surface area contributed by atoms with Gasteiger partial charge in [0.05, 0.1) is 14.2 Å². The number of thioether (sulfide) groups is 1. The molecule has 1 unspecified atom stereocenters. The number of benzene rings is 2. The van der Waals surface area contributed by atoms with Crippen LogP contribution in [0, 0.1) is 0 Å². The van der Waals surface area contributed by atoms with E-state index in [1.165, 1.54) is 4.90 Å². The van der Waals surface area contributed by atoms with Gasteiger partial charge in [0.15, 0.2) is 0 Å². The smallest absolute Gasteiger partial charge is 0.123 e. The highest BCUT2D eigenvalue weighted by molar-refractivity contribution is 7.99. The Bertz CT molecular complexity index is 545. The molecule has 0 saturated heterocycles. The third-order valence-corrected chi connectivity index (χ3v) is 4.14. The maximum absolute atomic E-state index is 6.29. The van der Waals surface area contributed by atoms with Crippen LogP contribution in [-0.4, -0.2) is 20.0 Å². The van der Waals surface area contributed by atoms with Crippen molar-refractivity contribution in [2.75, 3.05) is 20.0 Å². The van der Waals surface area contributed by atoms with E-state index in [2.05, 4.69) is 12.1 Å². The summed E-state index contributed by atoms with van der Waals surface area (Å²) in [5.41, 5.74) is 7.25. The minimum atomic E-state index is -0.106. The van der Waals surface area contributed by atoms with Crippen LogP contribution in [0.4, 0.5) is 0 Å². The zero-order valence-corrected chi connectivity index (χ0v) is 12.5. The molecule has 0 bridgehead atoms. The summed E-state index contributed by atoms with van der Waals surface area (Å²) in [6.07, 6.45) is 0. The number of ether oxygens (including phenoxy) is 2. The van der Waals surface area contributed by atoms with Gasteiger partial charge in [-0.3, -0.25) is 0 Å². The van der Waals surface area contributed by atoms with Crippen molar-refractivity contribution in [2.45, 2.75) is 10.9 Å². The SMILES string of the molecule is COc1ccc(OC)c(C(N)CSc2ccccc2)c1. The number of hydrogen-bond acceptors (Lipinski definition) is 4. The number of nitrogens with two attached hydrogens (primary N) is 1. The predicted octanol–water partition coefficient (Wildman–Crippen LogP) is 3.50. The van der Waals surface area contributed by atoms with Crippen molar-refractivity contribution in [3.63, 3.8) is 0 Å². The van der Waals surface area contributed by atoms with E-state index in [0.29, 0.717) is 0 Å². The fourth-order valence-corrected chi connectivity index (χ4v) is 2.82. The predicted molar refractivity (Wildman–Crippen MR) is 83.6 cm³/mol. The first-order valence-electron chi connectivity index (χ1n) is 6.40. The summed E-state index contributed by atoms with van der Waals surface area (Å²) in [5.74, 6) is 2.38. The standard InChI is InChI=1S/C16H19NO2S/c1-18-12-8-9-16(19-2)14(10-12)15(17)11-20-13-6-4-3-5-7-13/h3-10,15H,11,17H2,1-2H3. The molecule has 0 amide bonds. The molecule has 2 N–H and O–H groups in total. The second-order valence-corrected chi connectivity index (χ2v) is 5.43. The lowest BCUT2D eigenvalue weighted by atomic mass is 10.1. The fourth-order valence-electron chi connectivity index (χ4n) is 1.92. The second kappa shape index (κ2) is 7.22. The van der Waals surface area contributed by atoms with E-state index in [4.69, 9.17) is 15.2 Å². The minimum absolute atomic E-state index is 0.106. The van der Waals surface area contributed by atoms with E-state index in [1.54, 1.807) is 26.0 Å². The summed E-state index contributed by atoms with van der Waals surface area (Å²) in [6.45, 7) is 0. The molecular weight excluding hydrogens is 270 g/mol. The largest absolute Gasteiger partial charge is 0.497 e. The van der Waals surface area contributed by atoms with Crippen LogP contribution in [0.1, 0.15) is 11.6 Å². The van der Waals surface area contributed by atoms with Crippen molar-refractivity contribution in [1.29, 1.82) is 0 Å². The van der Waals surface area contributed by atoms with E-state index < -0.39 is 0 Å². The monoisotopic (exact) mass is 289 g/mol. The summed E-state index contributed by atoms with van der Waals surface area (Å²) in [7, 11) is 3.30. The summed E-state index contributed by atoms with van der Waals surface area (Å²) in [6, 6.07) is 15.8. The average Bonchev–Trinajstić information content (AvgIpc) is 2.52. The highest BCUT2D eigenvalue weighted by Crippen LogP contribution is 2.31. The topological polar surface area (TPSA) is 44.5 Å². The molecule has 0 aliphatic carbocycles. The van der Waals surface area contributed by atoms with Crippen molar-refractivity contribution in [2.24, 2.45) is 5.73 Å². The summed E-state index contributed by atoms with van der Waals surface area (Å²) >= 11 is 1.73. The zero-order chi connectivity index (χ0) is 14.4. The van der Waals surface area contributed by atoms with Gasteiger partial charge in [0.2, 0.25) is 0 Å². The maximum atomic E-state index is 6.29. The first kappa shape index (κ1) is 14.8. The lowest BCUT2D eigenvalue weighted by Crippen LogP contribution is -2.14. The van der Waals surface area contributed by atoms with Gasteiger partial charge in [-0.1, -0.05) is 18.2 Å². The van der Waals surface area contributed by atoms with Crippen molar-refractivity contribution < 1.29 is 9.47 Å². The number of methoxy groups -OCH3 is 2. The van der Waals surface area contributed by atoms with Crippen LogP contribution >= 0.6 is 11.8 Å².